The van der Waals surface area contributed by atoms with Gasteiger partial charge in [0.2, 0.25) is 10.0 Å². The zero-order chi connectivity index (χ0) is 16.6. The van der Waals surface area contributed by atoms with Crippen LogP contribution in [0.15, 0.2) is 46.3 Å². The van der Waals surface area contributed by atoms with Crippen molar-refractivity contribution >= 4 is 43.3 Å². The van der Waals surface area contributed by atoms with E-state index in [0.717, 1.165) is 21.4 Å². The van der Waals surface area contributed by atoms with Crippen molar-refractivity contribution in [2.45, 2.75) is 5.16 Å². The van der Waals surface area contributed by atoms with E-state index < -0.39 is 15.6 Å². The van der Waals surface area contributed by atoms with E-state index in [4.69, 9.17) is 0 Å². The summed E-state index contributed by atoms with van der Waals surface area (Å²) in [6.45, 7) is 0. The van der Waals surface area contributed by atoms with Crippen LogP contribution >= 0.6 is 23.1 Å². The molecule has 120 valence electrons. The van der Waals surface area contributed by atoms with Crippen molar-refractivity contribution in [2.24, 2.45) is 0 Å². The highest BCUT2D eigenvalue weighted by Gasteiger charge is 2.16. The smallest absolute Gasteiger partial charge is 0.267 e. The summed E-state index contributed by atoms with van der Waals surface area (Å²) in [5.41, 5.74) is 0.562. The van der Waals surface area contributed by atoms with Crippen molar-refractivity contribution < 1.29 is 8.42 Å². The van der Waals surface area contributed by atoms with Crippen molar-refractivity contribution in [3.8, 4) is 10.4 Å². The second kappa shape index (κ2) is 5.99. The summed E-state index contributed by atoms with van der Waals surface area (Å²) >= 11 is 2.61. The number of nitrogens with one attached hydrogen (secondary N) is 1. The summed E-state index contributed by atoms with van der Waals surface area (Å²) in [5, 5.41) is 0.692. The molecular formula is C14H13N3O3S3. The Morgan fingerprint density at radius 2 is 1.96 bits per heavy atom. The largest absolute Gasteiger partial charge is 0.282 e. The fraction of sp³-hybridized carbons (Fsp3) is 0.143. The maximum atomic E-state index is 12.6. The zero-order valence-electron chi connectivity index (χ0n) is 12.3. The molecule has 0 radical (unpaired) electrons. The van der Waals surface area contributed by atoms with Crippen LogP contribution < -0.4 is 10.4 Å². The van der Waals surface area contributed by atoms with Gasteiger partial charge in [0.1, 0.15) is 4.83 Å². The number of fused-ring (bicyclic) bond motifs is 1. The minimum Gasteiger partial charge on any atom is -0.267 e. The van der Waals surface area contributed by atoms with E-state index in [2.05, 4.69) is 9.82 Å². The van der Waals surface area contributed by atoms with Gasteiger partial charge in [-0.15, -0.1) is 11.3 Å². The van der Waals surface area contributed by atoms with Gasteiger partial charge in [0.05, 0.1) is 11.6 Å². The van der Waals surface area contributed by atoms with Gasteiger partial charge in [-0.25, -0.2) is 18.2 Å². The Balaban J connectivity index is 2.24. The van der Waals surface area contributed by atoms with Crippen LogP contribution in [0.4, 0.5) is 0 Å². The number of thiophene rings is 1. The number of hydrogen-bond donors (Lipinski definition) is 1. The molecule has 0 bridgehead atoms. The van der Waals surface area contributed by atoms with Crippen molar-refractivity contribution in [1.82, 2.24) is 9.66 Å². The summed E-state index contributed by atoms with van der Waals surface area (Å²) in [6.07, 6.45) is 2.73. The predicted molar refractivity (Wildman–Crippen MR) is 95.3 cm³/mol. The molecule has 0 aliphatic rings. The molecular weight excluding hydrogens is 354 g/mol. The lowest BCUT2D eigenvalue weighted by Crippen LogP contribution is -2.34. The fourth-order valence-corrected chi connectivity index (χ4v) is 4.23. The minimum atomic E-state index is -3.58. The molecule has 0 spiro atoms. The van der Waals surface area contributed by atoms with Gasteiger partial charge in [0.15, 0.2) is 5.16 Å². The Bertz CT molecular complexity index is 1020. The monoisotopic (exact) mass is 367 g/mol. The number of sulfonamides is 1. The second-order valence-electron chi connectivity index (χ2n) is 4.80. The maximum absolute atomic E-state index is 12.6. The first-order valence-corrected chi connectivity index (χ1v) is 10.5. The number of benzene rings is 1. The van der Waals surface area contributed by atoms with Gasteiger partial charge in [-0.3, -0.25) is 4.79 Å². The molecule has 1 N–H and O–H groups in total. The van der Waals surface area contributed by atoms with Gasteiger partial charge >= 0.3 is 0 Å². The van der Waals surface area contributed by atoms with Crippen LogP contribution in [0.1, 0.15) is 0 Å². The molecule has 0 amide bonds. The van der Waals surface area contributed by atoms with E-state index in [1.54, 1.807) is 12.3 Å². The number of thioether (sulfide) groups is 1. The topological polar surface area (TPSA) is 81.1 Å². The van der Waals surface area contributed by atoms with E-state index in [0.29, 0.717) is 15.4 Å². The summed E-state index contributed by atoms with van der Waals surface area (Å²) in [5.74, 6) is 0. The average Bonchev–Trinajstić information content (AvgIpc) is 2.94. The van der Waals surface area contributed by atoms with Crippen LogP contribution in [-0.2, 0) is 10.0 Å². The van der Waals surface area contributed by atoms with Crippen molar-refractivity contribution in [3.05, 3.63) is 46.8 Å². The molecule has 3 aromatic rings. The molecule has 0 atom stereocenters. The Labute approximate surface area is 141 Å². The Hall–Kier alpha value is -1.84. The summed E-state index contributed by atoms with van der Waals surface area (Å²) < 4.78 is 23.9. The third-order valence-electron chi connectivity index (χ3n) is 3.03. The van der Waals surface area contributed by atoms with E-state index >= 15 is 0 Å². The van der Waals surface area contributed by atoms with Gasteiger partial charge < -0.3 is 0 Å². The lowest BCUT2D eigenvalue weighted by molar-refractivity contribution is 0.596. The fourth-order valence-electron chi connectivity index (χ4n) is 2.09. The second-order valence-corrected chi connectivity index (χ2v) is 8.33. The Kier molecular flexibility index (Phi) is 4.17. The molecule has 0 aliphatic heterocycles. The van der Waals surface area contributed by atoms with Crippen LogP contribution in [0.25, 0.3) is 20.7 Å². The van der Waals surface area contributed by atoms with Gasteiger partial charge in [-0.2, -0.15) is 4.68 Å². The first-order chi connectivity index (χ1) is 10.9. The molecule has 6 nitrogen and oxygen atoms in total. The summed E-state index contributed by atoms with van der Waals surface area (Å²) in [6, 6.07) is 11.4. The van der Waals surface area contributed by atoms with Gasteiger partial charge in [0.25, 0.3) is 5.56 Å². The third-order valence-corrected chi connectivity index (χ3v) is 5.26. The van der Waals surface area contributed by atoms with Crippen molar-refractivity contribution in [2.75, 3.05) is 17.3 Å². The number of aromatic nitrogens is 2. The first kappa shape index (κ1) is 16.0. The molecule has 0 fully saturated rings. The summed E-state index contributed by atoms with van der Waals surface area (Å²) in [7, 11) is -3.58. The normalized spacial score (nSPS) is 11.7. The molecule has 9 heteroatoms. The van der Waals surface area contributed by atoms with Gasteiger partial charge in [-0.05, 0) is 17.9 Å². The van der Waals surface area contributed by atoms with Crippen LogP contribution in [0.3, 0.4) is 0 Å². The lowest BCUT2D eigenvalue weighted by Gasteiger charge is -2.10. The highest BCUT2D eigenvalue weighted by molar-refractivity contribution is 7.98. The minimum absolute atomic E-state index is 0.300. The Morgan fingerprint density at radius 3 is 2.57 bits per heavy atom. The zero-order valence-corrected chi connectivity index (χ0v) is 14.8. The quantitative estimate of drug-likeness (QED) is 0.565. The van der Waals surface area contributed by atoms with Crippen LogP contribution in [0.2, 0.25) is 0 Å². The predicted octanol–water partition coefficient (Wildman–Crippen LogP) is 2.35. The van der Waals surface area contributed by atoms with Crippen molar-refractivity contribution in [1.29, 1.82) is 0 Å². The standard InChI is InChI=1S/C14H13N3O3S3/c1-21-14-15-12-10(13(18)17(14)16-23(2,19)20)8-11(22-12)9-6-4-3-5-7-9/h3-8,16H,1-2H3. The SMILES string of the molecule is CSc1nc2sc(-c3ccccc3)cc2c(=O)n1NS(C)(=O)=O. The molecule has 1 aromatic carbocycles. The van der Waals surface area contributed by atoms with Crippen LogP contribution in [-0.4, -0.2) is 30.6 Å². The van der Waals surface area contributed by atoms with E-state index in [-0.39, 0.29) is 0 Å². The molecule has 3 rings (SSSR count). The van der Waals surface area contributed by atoms with Crippen molar-refractivity contribution in [3.63, 3.8) is 0 Å². The molecule has 0 saturated heterocycles. The van der Waals surface area contributed by atoms with Gasteiger partial charge in [-0.1, -0.05) is 42.1 Å². The highest BCUT2D eigenvalue weighted by Crippen LogP contribution is 2.31. The average molecular weight is 367 g/mol. The van der Waals surface area contributed by atoms with Crippen LogP contribution in [0, 0.1) is 0 Å². The van der Waals surface area contributed by atoms with Gasteiger partial charge in [0, 0.05) is 4.88 Å². The van der Waals surface area contributed by atoms with E-state index in [1.807, 2.05) is 30.3 Å². The molecule has 23 heavy (non-hydrogen) atoms. The molecule has 0 unspecified atom stereocenters. The van der Waals surface area contributed by atoms with E-state index in [1.165, 1.54) is 23.1 Å². The number of rotatable bonds is 4. The summed E-state index contributed by atoms with van der Waals surface area (Å²) in [4.78, 5) is 20.7. The highest BCUT2D eigenvalue weighted by atomic mass is 32.2. The lowest BCUT2D eigenvalue weighted by atomic mass is 10.2. The number of hydrogen-bond acceptors (Lipinski definition) is 6. The molecule has 2 aromatic heterocycles. The Morgan fingerprint density at radius 1 is 1.26 bits per heavy atom. The molecule has 2 heterocycles. The number of nitrogens with zero attached hydrogens (tertiary/aromatic N) is 2. The first-order valence-electron chi connectivity index (χ1n) is 6.53. The van der Waals surface area contributed by atoms with Crippen LogP contribution in [0.5, 0.6) is 0 Å². The third kappa shape index (κ3) is 3.26. The maximum Gasteiger partial charge on any atom is 0.282 e. The van der Waals surface area contributed by atoms with E-state index in [9.17, 15) is 13.2 Å². The molecule has 0 aliphatic carbocycles. The molecule has 0 saturated carbocycles.